The number of nitrogens with one attached hydrogen (secondary N) is 2. The maximum absolute atomic E-state index is 12.2. The van der Waals surface area contributed by atoms with Crippen molar-refractivity contribution < 1.29 is 9.32 Å². The molecule has 3 rings (SSSR count). The van der Waals surface area contributed by atoms with Gasteiger partial charge in [0.2, 0.25) is 16.8 Å². The second-order valence-corrected chi connectivity index (χ2v) is 6.83. The fourth-order valence-electron chi connectivity index (χ4n) is 2.11. The maximum atomic E-state index is 12.2. The summed E-state index contributed by atoms with van der Waals surface area (Å²) in [5, 5.41) is 18.4. The molecule has 2 amide bonds. The summed E-state index contributed by atoms with van der Waals surface area (Å²) < 4.78 is 5.34. The molecule has 0 fully saturated rings. The Balaban J connectivity index is 1.73. The lowest BCUT2D eigenvalue weighted by Crippen LogP contribution is -2.35. The van der Waals surface area contributed by atoms with E-state index in [1.165, 1.54) is 11.3 Å². The average molecular weight is 359 g/mol. The molecule has 0 bridgehead atoms. The highest BCUT2D eigenvalue weighted by molar-refractivity contribution is 7.15. The molecule has 0 spiro atoms. The molecule has 3 aromatic rings. The quantitative estimate of drug-likeness (QED) is 0.719. The molecule has 0 saturated heterocycles. The zero-order valence-corrected chi connectivity index (χ0v) is 14.7. The van der Waals surface area contributed by atoms with Crippen molar-refractivity contribution in [3.63, 3.8) is 0 Å². The van der Waals surface area contributed by atoms with Gasteiger partial charge in [-0.25, -0.2) is 4.79 Å². The molecule has 3 aromatic heterocycles. The molecule has 0 saturated carbocycles. The number of pyridine rings is 1. The largest absolute Gasteiger partial charge is 0.337 e. The van der Waals surface area contributed by atoms with Gasteiger partial charge in [-0.05, 0) is 25.0 Å². The molecule has 0 aliphatic carbocycles. The van der Waals surface area contributed by atoms with Crippen LogP contribution in [0.3, 0.4) is 0 Å². The van der Waals surface area contributed by atoms with Crippen molar-refractivity contribution in [3.05, 3.63) is 35.4 Å². The number of aryl methyl sites for hydroxylation is 1. The highest BCUT2D eigenvalue weighted by atomic mass is 32.1. The van der Waals surface area contributed by atoms with Crippen molar-refractivity contribution >= 4 is 22.5 Å². The van der Waals surface area contributed by atoms with Crippen LogP contribution in [0.5, 0.6) is 0 Å². The molecule has 10 heteroatoms. The van der Waals surface area contributed by atoms with E-state index in [0.29, 0.717) is 16.8 Å². The van der Waals surface area contributed by atoms with E-state index in [2.05, 4.69) is 36.0 Å². The zero-order valence-electron chi connectivity index (χ0n) is 13.9. The minimum atomic E-state index is -0.438. The summed E-state index contributed by atoms with van der Waals surface area (Å²) in [6.07, 6.45) is 3.32. The van der Waals surface area contributed by atoms with Crippen LogP contribution in [-0.4, -0.2) is 31.4 Å². The van der Waals surface area contributed by atoms with Gasteiger partial charge in [-0.2, -0.15) is 4.98 Å². The highest BCUT2D eigenvalue weighted by Gasteiger charge is 2.25. The molecule has 0 aliphatic heterocycles. The van der Waals surface area contributed by atoms with Gasteiger partial charge in [0.1, 0.15) is 11.0 Å². The predicted octanol–water partition coefficient (Wildman–Crippen LogP) is 2.81. The number of carbonyl (C=O) groups is 1. The number of anilines is 1. The smallest absolute Gasteiger partial charge is 0.321 e. The topological polar surface area (TPSA) is 119 Å². The Morgan fingerprint density at radius 3 is 2.80 bits per heavy atom. The van der Waals surface area contributed by atoms with Crippen molar-refractivity contribution in [2.24, 2.45) is 5.92 Å². The minimum Gasteiger partial charge on any atom is -0.337 e. The van der Waals surface area contributed by atoms with Crippen LogP contribution >= 0.6 is 11.3 Å². The second kappa shape index (κ2) is 7.34. The summed E-state index contributed by atoms with van der Waals surface area (Å²) in [6, 6.07) is 2.79. The van der Waals surface area contributed by atoms with Crippen molar-refractivity contribution in [2.75, 3.05) is 5.32 Å². The average Bonchev–Trinajstić information content (AvgIpc) is 3.22. The molecular formula is C15H17N7O2S. The lowest BCUT2D eigenvalue weighted by Gasteiger charge is -2.18. The third-order valence-electron chi connectivity index (χ3n) is 3.33. The van der Waals surface area contributed by atoms with Crippen molar-refractivity contribution in [2.45, 2.75) is 26.8 Å². The summed E-state index contributed by atoms with van der Waals surface area (Å²) in [6.45, 7) is 5.72. The lowest BCUT2D eigenvalue weighted by atomic mass is 10.0. The van der Waals surface area contributed by atoms with E-state index in [1.54, 1.807) is 18.5 Å². The molecule has 25 heavy (non-hydrogen) atoms. The summed E-state index contributed by atoms with van der Waals surface area (Å²) in [4.78, 5) is 20.6. The molecule has 0 unspecified atom stereocenters. The fraction of sp³-hybridized carbons (Fsp3) is 0.333. The Hall–Kier alpha value is -2.88. The van der Waals surface area contributed by atoms with E-state index < -0.39 is 12.1 Å². The van der Waals surface area contributed by atoms with E-state index in [0.717, 1.165) is 10.6 Å². The number of amides is 2. The Morgan fingerprint density at radius 2 is 2.16 bits per heavy atom. The van der Waals surface area contributed by atoms with Crippen LogP contribution in [0.1, 0.15) is 30.8 Å². The zero-order chi connectivity index (χ0) is 17.8. The third-order valence-corrected chi connectivity index (χ3v) is 4.08. The first kappa shape index (κ1) is 17.0. The first-order chi connectivity index (χ1) is 12.0. The normalized spacial score (nSPS) is 12.2. The number of rotatable bonds is 5. The van der Waals surface area contributed by atoms with Crippen molar-refractivity contribution in [3.8, 4) is 11.4 Å². The number of aromatic nitrogens is 5. The molecular weight excluding hydrogens is 342 g/mol. The predicted molar refractivity (Wildman–Crippen MR) is 91.9 cm³/mol. The number of carbonyl (C=O) groups excluding carboxylic acids is 1. The Labute approximate surface area is 147 Å². The summed E-state index contributed by atoms with van der Waals surface area (Å²) in [7, 11) is 0. The van der Waals surface area contributed by atoms with Crippen LogP contribution in [0.15, 0.2) is 29.0 Å². The molecule has 0 aliphatic rings. The summed E-state index contributed by atoms with van der Waals surface area (Å²) in [5.41, 5.74) is 0.744. The minimum absolute atomic E-state index is 0.0455. The SMILES string of the molecule is Cc1nnc(NC(=O)N[C@@H](c2nc(-c3cccnc3)no2)C(C)C)s1. The van der Waals surface area contributed by atoms with Crippen LogP contribution in [0.4, 0.5) is 9.93 Å². The Morgan fingerprint density at radius 1 is 1.32 bits per heavy atom. The van der Waals surface area contributed by atoms with Crippen LogP contribution in [0.25, 0.3) is 11.4 Å². The van der Waals surface area contributed by atoms with Crippen LogP contribution in [0.2, 0.25) is 0 Å². The van der Waals surface area contributed by atoms with E-state index in [1.807, 2.05) is 26.8 Å². The van der Waals surface area contributed by atoms with Gasteiger partial charge < -0.3 is 9.84 Å². The lowest BCUT2D eigenvalue weighted by molar-refractivity contribution is 0.236. The van der Waals surface area contributed by atoms with E-state index in [-0.39, 0.29) is 5.92 Å². The maximum Gasteiger partial charge on any atom is 0.321 e. The summed E-state index contributed by atoms with van der Waals surface area (Å²) in [5.74, 6) is 0.803. The Kier molecular flexibility index (Phi) is 4.98. The molecule has 3 heterocycles. The second-order valence-electron chi connectivity index (χ2n) is 5.64. The molecule has 2 N–H and O–H groups in total. The van der Waals surface area contributed by atoms with Gasteiger partial charge in [0.15, 0.2) is 0 Å². The summed E-state index contributed by atoms with van der Waals surface area (Å²) >= 11 is 1.30. The third kappa shape index (κ3) is 4.15. The van der Waals surface area contributed by atoms with Gasteiger partial charge in [0, 0.05) is 18.0 Å². The Bertz CT molecular complexity index is 846. The number of nitrogens with zero attached hydrogens (tertiary/aromatic N) is 5. The van der Waals surface area contributed by atoms with E-state index in [4.69, 9.17) is 4.52 Å². The van der Waals surface area contributed by atoms with Crippen LogP contribution < -0.4 is 10.6 Å². The highest BCUT2D eigenvalue weighted by Crippen LogP contribution is 2.23. The molecule has 130 valence electrons. The van der Waals surface area contributed by atoms with Crippen LogP contribution in [-0.2, 0) is 0 Å². The van der Waals surface area contributed by atoms with E-state index >= 15 is 0 Å². The number of hydrogen-bond acceptors (Lipinski definition) is 8. The van der Waals surface area contributed by atoms with Gasteiger partial charge in [-0.1, -0.05) is 30.3 Å². The fourth-order valence-corrected chi connectivity index (χ4v) is 2.70. The van der Waals surface area contributed by atoms with Crippen LogP contribution in [0, 0.1) is 12.8 Å². The first-order valence-corrected chi connectivity index (χ1v) is 8.46. The van der Waals surface area contributed by atoms with Gasteiger partial charge in [0.05, 0.1) is 0 Å². The molecule has 0 radical (unpaired) electrons. The van der Waals surface area contributed by atoms with Crippen molar-refractivity contribution in [1.29, 1.82) is 0 Å². The molecule has 9 nitrogen and oxygen atoms in total. The van der Waals surface area contributed by atoms with Gasteiger partial charge >= 0.3 is 6.03 Å². The van der Waals surface area contributed by atoms with Crippen molar-refractivity contribution in [1.82, 2.24) is 30.6 Å². The molecule has 0 aromatic carbocycles. The van der Waals surface area contributed by atoms with Gasteiger partial charge in [-0.15, -0.1) is 10.2 Å². The molecule has 1 atom stereocenters. The first-order valence-electron chi connectivity index (χ1n) is 7.64. The monoisotopic (exact) mass is 359 g/mol. The number of hydrogen-bond donors (Lipinski definition) is 2. The van der Waals surface area contributed by atoms with Gasteiger partial charge in [0.25, 0.3) is 0 Å². The number of urea groups is 1. The standard InChI is InChI=1S/C15H17N7O2S/c1-8(2)11(17-14(23)19-15-21-20-9(3)25-15)13-18-12(22-24-13)10-5-4-6-16-7-10/h4-8,11H,1-3H3,(H2,17,19,21,23)/t11-/m1/s1. The van der Waals surface area contributed by atoms with E-state index in [9.17, 15) is 4.79 Å². The van der Waals surface area contributed by atoms with Gasteiger partial charge in [-0.3, -0.25) is 10.3 Å².